The van der Waals surface area contributed by atoms with E-state index in [1.165, 1.54) is 12.5 Å². The Morgan fingerprint density at radius 2 is 1.73 bits per heavy atom. The van der Waals surface area contributed by atoms with Crippen LogP contribution in [0.4, 0.5) is 24.5 Å². The third kappa shape index (κ3) is 8.26. The number of fused-ring (bicyclic) bond motifs is 1. The third-order valence-electron chi connectivity index (χ3n) is 6.66. The van der Waals surface area contributed by atoms with Crippen molar-refractivity contribution in [1.29, 1.82) is 0 Å². The molecule has 4 rings (SSSR count). The Morgan fingerprint density at radius 3 is 2.49 bits per heavy atom. The van der Waals surface area contributed by atoms with Gasteiger partial charge in [-0.3, -0.25) is 19.4 Å². The summed E-state index contributed by atoms with van der Waals surface area (Å²) in [6.07, 6.45) is -3.25. The molecule has 1 aliphatic heterocycles. The number of carbonyl (C=O) groups is 3. The summed E-state index contributed by atoms with van der Waals surface area (Å²) in [5.41, 5.74) is 3.71. The molecule has 0 aliphatic carbocycles. The molecule has 1 aliphatic rings. The minimum Gasteiger partial charge on any atom is -0.345 e. The fourth-order valence-corrected chi connectivity index (χ4v) is 4.54. The van der Waals surface area contributed by atoms with Gasteiger partial charge in [-0.1, -0.05) is 60.7 Å². The number of hydrogen-bond donors (Lipinski definition) is 2. The molecule has 3 aromatic rings. The van der Waals surface area contributed by atoms with Gasteiger partial charge in [-0.2, -0.15) is 13.2 Å². The Balaban J connectivity index is 1.46. The second-order valence-electron chi connectivity index (χ2n) is 9.84. The lowest BCUT2D eigenvalue weighted by Crippen LogP contribution is -2.41. The second kappa shape index (κ2) is 13.3. The summed E-state index contributed by atoms with van der Waals surface area (Å²) in [5, 5.41) is 4.94. The first-order valence-electron chi connectivity index (χ1n) is 13.3. The fraction of sp³-hybridized carbons (Fsp3) is 0.290. The van der Waals surface area contributed by atoms with E-state index in [0.29, 0.717) is 17.8 Å². The quantitative estimate of drug-likeness (QED) is 0.335. The number of carbonyl (C=O) groups excluding carboxylic acids is 3. The summed E-state index contributed by atoms with van der Waals surface area (Å²) < 4.78 is 37.1. The van der Waals surface area contributed by atoms with Gasteiger partial charge in [0.1, 0.15) is 6.04 Å². The highest BCUT2D eigenvalue weighted by Gasteiger charge is 2.30. The van der Waals surface area contributed by atoms with E-state index in [9.17, 15) is 27.6 Å². The molecule has 3 aromatic carbocycles. The zero-order chi connectivity index (χ0) is 29.4. The van der Waals surface area contributed by atoms with E-state index in [1.807, 2.05) is 42.5 Å². The first-order chi connectivity index (χ1) is 19.6. The number of halogens is 3. The van der Waals surface area contributed by atoms with E-state index in [-0.39, 0.29) is 5.91 Å². The largest absolute Gasteiger partial charge is 0.389 e. The van der Waals surface area contributed by atoms with E-state index in [2.05, 4.69) is 27.8 Å². The number of benzodiazepines with no additional fused rings is 1. The summed E-state index contributed by atoms with van der Waals surface area (Å²) in [6.45, 7) is 1.88. The third-order valence-corrected chi connectivity index (χ3v) is 6.66. The molecule has 0 saturated heterocycles. The molecule has 0 saturated carbocycles. The van der Waals surface area contributed by atoms with E-state index in [1.54, 1.807) is 35.4 Å². The van der Waals surface area contributed by atoms with Crippen molar-refractivity contribution >= 4 is 35.3 Å². The minimum absolute atomic E-state index is 0.201. The van der Waals surface area contributed by atoms with E-state index >= 15 is 0 Å². The number of anilines is 2. The molecule has 0 radical (unpaired) electrons. The lowest BCUT2D eigenvalue weighted by Gasteiger charge is -2.25. The van der Waals surface area contributed by atoms with Crippen LogP contribution >= 0.6 is 0 Å². The van der Waals surface area contributed by atoms with Crippen LogP contribution in [-0.4, -0.2) is 42.7 Å². The molecule has 3 amide bonds. The lowest BCUT2D eigenvalue weighted by atomic mass is 10.0. The summed E-state index contributed by atoms with van der Waals surface area (Å²) in [7, 11) is 0. The predicted molar refractivity (Wildman–Crippen MR) is 152 cm³/mol. The molecular weight excluding hydrogens is 533 g/mol. The number of para-hydroxylation sites is 1. The number of aliphatic imine (C=N–C) groups is 1. The highest BCUT2D eigenvalue weighted by atomic mass is 19.4. The molecule has 0 fully saturated rings. The zero-order valence-corrected chi connectivity index (χ0v) is 22.5. The number of nitrogens with zero attached hydrogens (tertiary/aromatic N) is 2. The minimum atomic E-state index is -4.46. The van der Waals surface area contributed by atoms with Crippen molar-refractivity contribution in [3.05, 3.63) is 95.6 Å². The molecule has 7 nitrogen and oxygen atoms in total. The molecule has 10 heteroatoms. The van der Waals surface area contributed by atoms with Gasteiger partial charge in [0.2, 0.25) is 11.8 Å². The summed E-state index contributed by atoms with van der Waals surface area (Å²) >= 11 is 0. The van der Waals surface area contributed by atoms with Gasteiger partial charge < -0.3 is 15.5 Å². The van der Waals surface area contributed by atoms with Gasteiger partial charge in [0, 0.05) is 30.4 Å². The number of rotatable bonds is 10. The normalized spacial score (nSPS) is 15.6. The molecule has 2 N–H and O–H groups in total. The number of nitrogens with one attached hydrogen (secondary N) is 2. The monoisotopic (exact) mass is 564 g/mol. The van der Waals surface area contributed by atoms with Crippen LogP contribution in [0, 0.1) is 0 Å². The number of aryl methyl sites for hydroxylation is 1. The maximum absolute atomic E-state index is 13.8. The lowest BCUT2D eigenvalue weighted by molar-refractivity contribution is -0.144. The van der Waals surface area contributed by atoms with Crippen LogP contribution in [-0.2, 0) is 20.8 Å². The predicted octanol–water partition coefficient (Wildman–Crippen LogP) is 5.61. The molecule has 1 heterocycles. The van der Waals surface area contributed by atoms with Gasteiger partial charge in [0.25, 0.3) is 5.91 Å². The number of amides is 3. The highest BCUT2D eigenvalue weighted by Crippen LogP contribution is 2.31. The Morgan fingerprint density at radius 1 is 1.00 bits per heavy atom. The van der Waals surface area contributed by atoms with Crippen LogP contribution < -0.4 is 15.5 Å². The Bertz CT molecular complexity index is 1410. The van der Waals surface area contributed by atoms with Gasteiger partial charge >= 0.3 is 6.18 Å². The van der Waals surface area contributed by atoms with Crippen molar-refractivity contribution in [2.45, 2.75) is 50.9 Å². The Kier molecular flexibility index (Phi) is 9.54. The standard InChI is InChI=1S/C31H31F3N4O3/c1-21(36-27(39)16-17-31(32,33)34)29(40)37-25-14-7-13-23(19-25)28-30(41)38(18-8-11-22-9-3-2-4-10-22)26-15-6-5-12-24(26)20-35-28/h2-7,9-10,12-15,19-21,28H,8,11,16-18H2,1H3,(H,36,39)(H,37,40)/t21-,28?/m0/s1. The van der Waals surface area contributed by atoms with Crippen LogP contribution in [0.15, 0.2) is 83.9 Å². The van der Waals surface area contributed by atoms with Crippen LogP contribution in [0.3, 0.4) is 0 Å². The topological polar surface area (TPSA) is 90.9 Å². The van der Waals surface area contributed by atoms with Gasteiger partial charge in [0.15, 0.2) is 6.04 Å². The van der Waals surface area contributed by atoms with Gasteiger partial charge in [0.05, 0.1) is 12.1 Å². The molecule has 214 valence electrons. The van der Waals surface area contributed by atoms with E-state index < -0.39 is 42.9 Å². The van der Waals surface area contributed by atoms with Crippen LogP contribution in [0.2, 0.25) is 0 Å². The van der Waals surface area contributed by atoms with E-state index in [0.717, 1.165) is 24.1 Å². The first-order valence-corrected chi connectivity index (χ1v) is 13.3. The number of benzene rings is 3. The van der Waals surface area contributed by atoms with Crippen LogP contribution in [0.25, 0.3) is 0 Å². The molecule has 2 atom stereocenters. The second-order valence-corrected chi connectivity index (χ2v) is 9.84. The molecule has 0 aromatic heterocycles. The highest BCUT2D eigenvalue weighted by molar-refractivity contribution is 6.05. The average Bonchev–Trinajstić information content (AvgIpc) is 3.08. The molecule has 41 heavy (non-hydrogen) atoms. The zero-order valence-electron chi connectivity index (χ0n) is 22.5. The summed E-state index contributed by atoms with van der Waals surface area (Å²) in [4.78, 5) is 44.6. The van der Waals surface area contributed by atoms with Gasteiger partial charge in [-0.05, 0) is 49.1 Å². The van der Waals surface area contributed by atoms with Crippen molar-refractivity contribution in [3.8, 4) is 0 Å². The van der Waals surface area contributed by atoms with Gasteiger partial charge in [-0.25, -0.2) is 0 Å². The Hall–Kier alpha value is -4.47. The molecule has 0 bridgehead atoms. The number of hydrogen-bond acceptors (Lipinski definition) is 4. The molecule has 0 spiro atoms. The molecule has 1 unspecified atom stereocenters. The fourth-order valence-electron chi connectivity index (χ4n) is 4.54. The van der Waals surface area contributed by atoms with Crippen molar-refractivity contribution in [2.75, 3.05) is 16.8 Å². The Labute approximate surface area is 236 Å². The maximum atomic E-state index is 13.8. The maximum Gasteiger partial charge on any atom is 0.389 e. The SMILES string of the molecule is C[C@H](NC(=O)CCC(F)(F)F)C(=O)Nc1cccc(C2N=Cc3ccccc3N(CCCc3ccccc3)C2=O)c1. The molecular formula is C31H31F3N4O3. The first kappa shape index (κ1) is 29.5. The summed E-state index contributed by atoms with van der Waals surface area (Å²) in [5.74, 6) is -1.68. The summed E-state index contributed by atoms with van der Waals surface area (Å²) in [6, 6.07) is 22.4. The van der Waals surface area contributed by atoms with Crippen LogP contribution in [0.5, 0.6) is 0 Å². The van der Waals surface area contributed by atoms with Crippen molar-refractivity contribution in [2.24, 2.45) is 4.99 Å². The van der Waals surface area contributed by atoms with Gasteiger partial charge in [-0.15, -0.1) is 0 Å². The van der Waals surface area contributed by atoms with Crippen molar-refractivity contribution in [3.63, 3.8) is 0 Å². The van der Waals surface area contributed by atoms with E-state index in [4.69, 9.17) is 0 Å². The van der Waals surface area contributed by atoms with Crippen LogP contribution in [0.1, 0.15) is 48.9 Å². The van der Waals surface area contributed by atoms with Crippen molar-refractivity contribution < 1.29 is 27.6 Å². The average molecular weight is 565 g/mol. The smallest absolute Gasteiger partial charge is 0.345 e. The number of alkyl halides is 3. The van der Waals surface area contributed by atoms with Crippen molar-refractivity contribution in [1.82, 2.24) is 5.32 Å².